The molecule has 3 N–H and O–H groups in total. The van der Waals surface area contributed by atoms with E-state index in [0.29, 0.717) is 8.95 Å². The number of aliphatic carboxylic acids is 1. The van der Waals surface area contributed by atoms with Gasteiger partial charge in [-0.2, -0.15) is 13.2 Å². The molecule has 0 aliphatic heterocycles. The summed E-state index contributed by atoms with van der Waals surface area (Å²) in [5.41, 5.74) is -0.676. The van der Waals surface area contributed by atoms with E-state index >= 15 is 0 Å². The number of nitrogens with one attached hydrogen (secondary N) is 2. The number of hydrogen-bond donors (Lipinski definition) is 3. The van der Waals surface area contributed by atoms with Gasteiger partial charge < -0.3 is 20.5 Å². The first-order chi connectivity index (χ1) is 14.4. The van der Waals surface area contributed by atoms with Crippen LogP contribution in [-0.4, -0.2) is 29.4 Å². The average molecular weight is 568 g/mol. The van der Waals surface area contributed by atoms with Gasteiger partial charge in [-0.15, -0.1) is 0 Å². The summed E-state index contributed by atoms with van der Waals surface area (Å²) >= 11 is 6.45. The van der Waals surface area contributed by atoms with Crippen molar-refractivity contribution in [1.82, 2.24) is 5.32 Å². The van der Waals surface area contributed by atoms with Crippen LogP contribution in [0.2, 0.25) is 0 Å². The fourth-order valence-corrected chi connectivity index (χ4v) is 3.87. The smallest absolute Gasteiger partial charge is 0.416 e. The minimum absolute atomic E-state index is 0.0236. The average Bonchev–Trinajstić information content (AvgIpc) is 2.63. The molecule has 0 unspecified atom stereocenters. The lowest BCUT2D eigenvalue weighted by atomic mass is 10.1. The van der Waals surface area contributed by atoms with Gasteiger partial charge in [-0.25, -0.2) is 0 Å². The summed E-state index contributed by atoms with van der Waals surface area (Å²) in [6.07, 6.45) is -4.62. The Labute approximate surface area is 191 Å². The second-order valence-electron chi connectivity index (χ2n) is 6.23. The number of amides is 2. The molecule has 7 nitrogen and oxygen atoms in total. The standard InChI is InChI=1S/C19H15Br2F3N2O5/c1-9(27)26-13-3-10(2-12(6-13)19(22,23)24)8-31-17-14(20)4-11(5-15(17)21)18(30)25-7-16(28)29/h2-6H,7-8H2,1H3,(H,25,30)(H,26,27)(H,28,29). The number of ether oxygens (including phenoxy) is 1. The number of alkyl halides is 3. The van der Waals surface area contributed by atoms with Crippen LogP contribution < -0.4 is 15.4 Å². The number of benzene rings is 2. The van der Waals surface area contributed by atoms with Crippen molar-refractivity contribution in [2.75, 3.05) is 11.9 Å². The van der Waals surface area contributed by atoms with Crippen LogP contribution in [0.5, 0.6) is 5.75 Å². The van der Waals surface area contributed by atoms with Crippen LogP contribution in [0.3, 0.4) is 0 Å². The second-order valence-corrected chi connectivity index (χ2v) is 7.94. The monoisotopic (exact) mass is 566 g/mol. The Morgan fingerprint density at radius 1 is 1.06 bits per heavy atom. The maximum Gasteiger partial charge on any atom is 0.416 e. The van der Waals surface area contributed by atoms with Crippen LogP contribution in [0.1, 0.15) is 28.4 Å². The molecule has 0 saturated heterocycles. The van der Waals surface area contributed by atoms with Crippen molar-refractivity contribution < 1.29 is 37.4 Å². The molecule has 12 heteroatoms. The Hall–Kier alpha value is -2.60. The molecule has 0 aromatic heterocycles. The molecule has 2 amide bonds. The number of anilines is 1. The molecule has 0 aliphatic carbocycles. The molecule has 0 heterocycles. The van der Waals surface area contributed by atoms with Crippen molar-refractivity contribution in [2.45, 2.75) is 19.7 Å². The van der Waals surface area contributed by atoms with Gasteiger partial charge in [0.25, 0.3) is 5.91 Å². The van der Waals surface area contributed by atoms with Crippen LogP contribution in [-0.2, 0) is 22.4 Å². The van der Waals surface area contributed by atoms with Gasteiger partial charge in [0.1, 0.15) is 18.9 Å². The molecule has 0 atom stereocenters. The first-order valence-electron chi connectivity index (χ1n) is 8.47. The fourth-order valence-electron chi connectivity index (χ4n) is 2.46. The molecule has 2 rings (SSSR count). The van der Waals surface area contributed by atoms with Gasteiger partial charge in [-0.3, -0.25) is 14.4 Å². The minimum atomic E-state index is -4.62. The van der Waals surface area contributed by atoms with Crippen molar-refractivity contribution in [3.05, 3.63) is 56.0 Å². The van der Waals surface area contributed by atoms with E-state index in [9.17, 15) is 27.6 Å². The zero-order valence-corrected chi connectivity index (χ0v) is 18.9. The largest absolute Gasteiger partial charge is 0.487 e. The van der Waals surface area contributed by atoms with Gasteiger partial charge in [0.15, 0.2) is 0 Å². The predicted molar refractivity (Wildman–Crippen MR) is 112 cm³/mol. The van der Waals surface area contributed by atoms with Crippen LogP contribution in [0.25, 0.3) is 0 Å². The molecule has 0 bridgehead atoms. The van der Waals surface area contributed by atoms with Gasteiger partial charge in [-0.05, 0) is 67.8 Å². The number of carbonyl (C=O) groups excluding carboxylic acids is 2. The highest BCUT2D eigenvalue weighted by atomic mass is 79.9. The number of carboxylic acids is 1. The molecule has 2 aromatic carbocycles. The first kappa shape index (κ1) is 24.7. The van der Waals surface area contributed by atoms with E-state index in [1.807, 2.05) is 0 Å². The first-order valence-corrected chi connectivity index (χ1v) is 10.1. The third-order valence-electron chi connectivity index (χ3n) is 3.68. The number of rotatable bonds is 7. The van der Waals surface area contributed by atoms with Crippen LogP contribution in [0, 0.1) is 0 Å². The summed E-state index contributed by atoms with van der Waals surface area (Å²) in [7, 11) is 0. The van der Waals surface area contributed by atoms with E-state index in [-0.39, 0.29) is 29.2 Å². The molecular weight excluding hydrogens is 553 g/mol. The molecule has 2 aromatic rings. The van der Waals surface area contributed by atoms with E-state index in [2.05, 4.69) is 42.5 Å². The van der Waals surface area contributed by atoms with E-state index in [4.69, 9.17) is 9.84 Å². The molecule has 0 fully saturated rings. The van der Waals surface area contributed by atoms with E-state index < -0.39 is 36.1 Å². The highest BCUT2D eigenvalue weighted by Gasteiger charge is 2.31. The summed E-state index contributed by atoms with van der Waals surface area (Å²) in [4.78, 5) is 33.8. The third-order valence-corrected chi connectivity index (χ3v) is 4.86. The van der Waals surface area contributed by atoms with Gasteiger partial charge in [0.05, 0.1) is 14.5 Å². The summed E-state index contributed by atoms with van der Waals surface area (Å²) in [6, 6.07) is 5.84. The van der Waals surface area contributed by atoms with Crippen molar-refractivity contribution in [1.29, 1.82) is 0 Å². The molecule has 0 spiro atoms. The molecule has 31 heavy (non-hydrogen) atoms. The maximum atomic E-state index is 13.2. The Balaban J connectivity index is 2.25. The molecule has 166 valence electrons. The highest BCUT2D eigenvalue weighted by Crippen LogP contribution is 2.36. The van der Waals surface area contributed by atoms with Gasteiger partial charge in [0, 0.05) is 18.2 Å². The predicted octanol–water partition coefficient (Wildman–Crippen LogP) is 4.58. The van der Waals surface area contributed by atoms with Crippen molar-refractivity contribution in [3.8, 4) is 5.75 Å². The minimum Gasteiger partial charge on any atom is -0.487 e. The lowest BCUT2D eigenvalue weighted by molar-refractivity contribution is -0.138. The van der Waals surface area contributed by atoms with Crippen molar-refractivity contribution in [2.24, 2.45) is 0 Å². The van der Waals surface area contributed by atoms with Gasteiger partial charge in [-0.1, -0.05) is 0 Å². The van der Waals surface area contributed by atoms with Crippen molar-refractivity contribution >= 4 is 55.3 Å². The SMILES string of the molecule is CC(=O)Nc1cc(COc2c(Br)cc(C(=O)NCC(=O)O)cc2Br)cc(C(F)(F)F)c1. The topological polar surface area (TPSA) is 105 Å². The Bertz CT molecular complexity index is 1010. The Morgan fingerprint density at radius 2 is 1.68 bits per heavy atom. The van der Waals surface area contributed by atoms with Crippen molar-refractivity contribution in [3.63, 3.8) is 0 Å². The summed E-state index contributed by atoms with van der Waals surface area (Å²) < 4.78 is 45.7. The quantitative estimate of drug-likeness (QED) is 0.454. The molecule has 0 aliphatic rings. The Morgan fingerprint density at radius 3 is 2.19 bits per heavy atom. The lowest BCUT2D eigenvalue weighted by Gasteiger charge is -2.15. The molecular formula is C19H15Br2F3N2O5. The summed E-state index contributed by atoms with van der Waals surface area (Å²) in [5, 5.41) is 13.2. The maximum absolute atomic E-state index is 13.2. The van der Waals surface area contributed by atoms with Crippen LogP contribution in [0.4, 0.5) is 18.9 Å². The zero-order valence-electron chi connectivity index (χ0n) is 15.8. The van der Waals surface area contributed by atoms with E-state index in [1.165, 1.54) is 25.1 Å². The van der Waals surface area contributed by atoms with E-state index in [1.54, 1.807) is 0 Å². The highest BCUT2D eigenvalue weighted by molar-refractivity contribution is 9.11. The molecule has 0 saturated carbocycles. The van der Waals surface area contributed by atoms with Gasteiger partial charge in [0.2, 0.25) is 5.91 Å². The summed E-state index contributed by atoms with van der Waals surface area (Å²) in [5.74, 6) is -2.14. The lowest BCUT2D eigenvalue weighted by Crippen LogP contribution is -2.29. The number of carboxylic acid groups (broad SMARTS) is 1. The normalized spacial score (nSPS) is 11.0. The third kappa shape index (κ3) is 7.24. The fraction of sp³-hybridized carbons (Fsp3) is 0.211. The van der Waals surface area contributed by atoms with Crippen LogP contribution in [0.15, 0.2) is 39.3 Å². The number of hydrogen-bond acceptors (Lipinski definition) is 4. The second kappa shape index (κ2) is 10.1. The number of carbonyl (C=O) groups is 3. The Kier molecular flexibility index (Phi) is 8.07. The van der Waals surface area contributed by atoms with Crippen LogP contribution >= 0.6 is 31.9 Å². The van der Waals surface area contributed by atoms with Gasteiger partial charge >= 0.3 is 12.1 Å². The van der Waals surface area contributed by atoms with E-state index in [0.717, 1.165) is 12.1 Å². The number of halogens is 5. The molecule has 0 radical (unpaired) electrons. The summed E-state index contributed by atoms with van der Waals surface area (Å²) in [6.45, 7) is 0.357. The zero-order chi connectivity index (χ0) is 23.3.